The van der Waals surface area contributed by atoms with Crippen LogP contribution in [0.3, 0.4) is 0 Å². The van der Waals surface area contributed by atoms with Crippen molar-refractivity contribution in [1.29, 1.82) is 0 Å². The normalized spacial score (nSPS) is 10.2. The molecule has 0 fully saturated rings. The van der Waals surface area contributed by atoms with Gasteiger partial charge in [-0.25, -0.2) is 11.9 Å². The molecular formula is C16H36BrClNNaO5Ru. The average molecular weight is 562 g/mol. The molecule has 0 saturated carbocycles. The van der Waals surface area contributed by atoms with Crippen LogP contribution in [-0.4, -0.2) is 30.7 Å². The van der Waals surface area contributed by atoms with Crippen molar-refractivity contribution in [2.24, 2.45) is 0 Å². The molecule has 0 radical (unpaired) electrons. The predicted octanol–water partition coefficient (Wildman–Crippen LogP) is -1.97. The van der Waals surface area contributed by atoms with E-state index >= 15 is 0 Å². The van der Waals surface area contributed by atoms with Crippen molar-refractivity contribution in [1.82, 2.24) is 0 Å². The average Bonchev–Trinajstić information content (AvgIpc) is 2.54. The third-order valence-corrected chi connectivity index (χ3v) is 3.94. The Morgan fingerprint density at radius 1 is 0.654 bits per heavy atom. The van der Waals surface area contributed by atoms with Gasteiger partial charge >= 0.3 is 58.4 Å². The van der Waals surface area contributed by atoms with Crippen LogP contribution in [0, 0.1) is 0 Å². The Bertz CT molecular complexity index is 397. The van der Waals surface area contributed by atoms with E-state index in [0.29, 0.717) is 0 Å². The molecule has 0 rings (SSSR count). The number of hydrogen-bond acceptors (Lipinski definition) is 5. The molecule has 0 N–H and O–H groups in total. The molecular weight excluding hydrogens is 526 g/mol. The number of hydrogen-bond donors (Lipinski definition) is 0. The van der Waals surface area contributed by atoms with Gasteiger partial charge in [-0.1, -0.05) is 53.4 Å². The van der Waals surface area contributed by atoms with Crippen molar-refractivity contribution in [2.75, 3.05) is 26.2 Å². The number of rotatable bonds is 12. The summed E-state index contributed by atoms with van der Waals surface area (Å²) < 4.78 is 43.6. The molecule has 6 nitrogen and oxygen atoms in total. The molecule has 0 aromatic carbocycles. The molecule has 0 aliphatic carbocycles. The predicted molar refractivity (Wildman–Crippen MR) is 88.0 cm³/mol. The van der Waals surface area contributed by atoms with Crippen molar-refractivity contribution in [3.8, 4) is 0 Å². The molecule has 0 aliphatic rings. The molecule has 26 heavy (non-hydrogen) atoms. The zero-order valence-electron chi connectivity index (χ0n) is 17.1. The summed E-state index contributed by atoms with van der Waals surface area (Å²) in [6.07, 6.45) is 11.1. The van der Waals surface area contributed by atoms with Gasteiger partial charge in [-0.05, 0) is 25.7 Å². The van der Waals surface area contributed by atoms with Crippen LogP contribution in [-0.2, 0) is 28.9 Å². The Labute approximate surface area is 200 Å². The van der Waals surface area contributed by atoms with Crippen LogP contribution in [0.5, 0.6) is 0 Å². The molecule has 158 valence electrons. The van der Waals surface area contributed by atoms with E-state index in [4.69, 9.17) is 19.0 Å². The summed E-state index contributed by atoms with van der Waals surface area (Å²) in [5.74, 6) is 0. The summed E-state index contributed by atoms with van der Waals surface area (Å²) in [6.45, 7) is 15.0. The third-order valence-electron chi connectivity index (χ3n) is 3.94. The van der Waals surface area contributed by atoms with Crippen LogP contribution in [0.4, 0.5) is 0 Å². The van der Waals surface area contributed by atoms with Crippen LogP contribution in [0.2, 0.25) is 0 Å². The molecule has 0 aromatic rings. The SMILES string of the molecule is CCCC[N+](CCCC)(CCCC)CCCC.[Br-].[Na+].[O-]Cl.[O]=[Ru](=[O])(=[O])=[O]. The van der Waals surface area contributed by atoms with Gasteiger partial charge in [0.15, 0.2) is 0 Å². The van der Waals surface area contributed by atoms with Gasteiger partial charge in [0.05, 0.1) is 26.2 Å². The van der Waals surface area contributed by atoms with E-state index in [0.717, 1.165) is 0 Å². The van der Waals surface area contributed by atoms with E-state index in [1.54, 1.807) is 0 Å². The first-order valence-electron chi connectivity index (χ1n) is 8.82. The van der Waals surface area contributed by atoms with Gasteiger partial charge in [-0.15, -0.1) is 0 Å². The van der Waals surface area contributed by atoms with E-state index < -0.39 is 14.6 Å². The molecule has 0 unspecified atom stereocenters. The van der Waals surface area contributed by atoms with Crippen LogP contribution < -0.4 is 51.2 Å². The quantitative estimate of drug-likeness (QED) is 0.204. The fourth-order valence-corrected chi connectivity index (χ4v) is 2.64. The number of quaternary nitrogens is 1. The van der Waals surface area contributed by atoms with Gasteiger partial charge in [0.1, 0.15) is 0 Å². The molecule has 0 bridgehead atoms. The van der Waals surface area contributed by atoms with Crippen molar-refractivity contribution >= 4 is 11.9 Å². The topological polar surface area (TPSA) is 91.3 Å². The van der Waals surface area contributed by atoms with Gasteiger partial charge in [0.25, 0.3) is 0 Å². The summed E-state index contributed by atoms with van der Waals surface area (Å²) in [7, 11) is 0. The van der Waals surface area contributed by atoms with E-state index in [9.17, 15) is 0 Å². The van der Waals surface area contributed by atoms with Crippen LogP contribution in [0.1, 0.15) is 79.1 Å². The number of unbranched alkanes of at least 4 members (excludes halogenated alkanes) is 4. The zero-order chi connectivity index (χ0) is 19.5. The Kier molecular flexibility index (Phi) is 38.9. The minimum absolute atomic E-state index is 0. The number of nitrogens with zero attached hydrogens (tertiary/aromatic N) is 1. The van der Waals surface area contributed by atoms with Crippen LogP contribution in [0.25, 0.3) is 0 Å². The van der Waals surface area contributed by atoms with E-state index in [1.165, 1.54) is 82.0 Å². The minimum atomic E-state index is -5.86. The van der Waals surface area contributed by atoms with Gasteiger partial charge < -0.3 is 26.1 Å². The van der Waals surface area contributed by atoms with Crippen LogP contribution >= 0.6 is 11.9 Å². The molecule has 0 amide bonds. The summed E-state index contributed by atoms with van der Waals surface area (Å²) in [5, 5.41) is 0. The molecule has 0 heterocycles. The van der Waals surface area contributed by atoms with Crippen molar-refractivity contribution in [2.45, 2.75) is 79.1 Å². The van der Waals surface area contributed by atoms with E-state index in [-0.39, 0.29) is 46.5 Å². The maximum atomic E-state index is 8.61. The Balaban J connectivity index is -0.000000141. The van der Waals surface area contributed by atoms with Gasteiger partial charge in [-0.2, -0.15) is 0 Å². The Hall–Kier alpha value is 1.51. The molecule has 0 aromatic heterocycles. The van der Waals surface area contributed by atoms with Crippen molar-refractivity contribution in [3.63, 3.8) is 0 Å². The van der Waals surface area contributed by atoms with Gasteiger partial charge in [-0.3, -0.25) is 0 Å². The van der Waals surface area contributed by atoms with Gasteiger partial charge in [0, 0.05) is 0 Å². The molecule has 0 spiro atoms. The summed E-state index contributed by atoms with van der Waals surface area (Å²) in [6, 6.07) is 0. The van der Waals surface area contributed by atoms with Crippen molar-refractivity contribution < 1.29 is 84.6 Å². The Morgan fingerprint density at radius 2 is 0.808 bits per heavy atom. The first-order valence-corrected chi connectivity index (χ1v) is 12.0. The Morgan fingerprint density at radius 3 is 0.923 bits per heavy atom. The summed E-state index contributed by atoms with van der Waals surface area (Å²) in [4.78, 5) is 0. The second-order valence-electron chi connectivity index (χ2n) is 6.00. The summed E-state index contributed by atoms with van der Waals surface area (Å²) >= 11 is -2.47. The second kappa shape index (κ2) is 26.5. The number of halogens is 2. The fourth-order valence-electron chi connectivity index (χ4n) is 2.64. The van der Waals surface area contributed by atoms with E-state index in [1.807, 2.05) is 0 Å². The standard InChI is InChI=1S/C16H36N.BrH.ClO.Na.4O.Ru/c1-5-9-13-17(14-10-6-2,15-11-7-3)16-12-8-4;;1-2;;;;;;/h5-16H2,1-4H3;1H;;;;;;;/q+1;;-1;+1;;;;;/p-1. The fraction of sp³-hybridized carbons (Fsp3) is 1.00. The molecule has 0 atom stereocenters. The summed E-state index contributed by atoms with van der Waals surface area (Å²) in [5.41, 5.74) is 0. The monoisotopic (exact) mass is 561 g/mol. The van der Waals surface area contributed by atoms with Gasteiger partial charge in [0.2, 0.25) is 0 Å². The van der Waals surface area contributed by atoms with E-state index in [2.05, 4.69) is 39.6 Å². The van der Waals surface area contributed by atoms with Crippen LogP contribution in [0.15, 0.2) is 0 Å². The zero-order valence-corrected chi connectivity index (χ0v) is 23.2. The first kappa shape index (κ1) is 38.2. The first-order chi connectivity index (χ1) is 11.2. The third kappa shape index (κ3) is 33.1. The molecule has 0 saturated heterocycles. The maximum absolute atomic E-state index is 8.61. The molecule has 10 heteroatoms. The van der Waals surface area contributed by atoms with Crippen molar-refractivity contribution in [3.05, 3.63) is 0 Å². The molecule has 0 aliphatic heterocycles. The second-order valence-corrected chi connectivity index (χ2v) is 7.74.